The maximum atomic E-state index is 14.1. The van der Waals surface area contributed by atoms with Crippen molar-refractivity contribution in [3.05, 3.63) is 66.5 Å². The van der Waals surface area contributed by atoms with Crippen LogP contribution in [-0.2, 0) is 13.1 Å². The fourth-order valence-corrected chi connectivity index (χ4v) is 3.02. The zero-order valence-electron chi connectivity index (χ0n) is 14.3. The van der Waals surface area contributed by atoms with Gasteiger partial charge in [-0.05, 0) is 25.1 Å². The molecule has 27 heavy (non-hydrogen) atoms. The van der Waals surface area contributed by atoms with E-state index in [1.54, 1.807) is 29.4 Å². The summed E-state index contributed by atoms with van der Waals surface area (Å²) in [5.41, 5.74) is 1.93. The van der Waals surface area contributed by atoms with Crippen LogP contribution in [0.3, 0.4) is 0 Å². The number of aromatic nitrogens is 5. The number of fused-ring (bicyclic) bond motifs is 1. The number of halogens is 4. The van der Waals surface area contributed by atoms with Gasteiger partial charge in [-0.2, -0.15) is 0 Å². The number of nitrogens with zero attached hydrogens (tertiary/aromatic N) is 5. The fourth-order valence-electron chi connectivity index (χ4n) is 3.02. The number of aryl methyl sites for hydroxylation is 1. The minimum Gasteiger partial charge on any atom is -0.327 e. The van der Waals surface area contributed by atoms with Gasteiger partial charge in [0.25, 0.3) is 0 Å². The number of imidazole rings is 2. The van der Waals surface area contributed by atoms with Gasteiger partial charge >= 0.3 is 0 Å². The summed E-state index contributed by atoms with van der Waals surface area (Å²) in [5.74, 6) is -0.617. The highest BCUT2D eigenvalue weighted by Gasteiger charge is 2.16. The lowest BCUT2D eigenvalue weighted by Gasteiger charge is -2.10. The highest BCUT2D eigenvalue weighted by atomic mass is 35.5. The molecule has 9 heteroatoms. The molecule has 3 aromatic heterocycles. The SMILES string of the molecule is CCn1c(Cn2ccnc2-c2cccc(F)c2F)nc2cnccc21.Cl.Cl. The van der Waals surface area contributed by atoms with E-state index in [9.17, 15) is 8.78 Å². The van der Waals surface area contributed by atoms with Gasteiger partial charge in [0, 0.05) is 25.1 Å². The predicted molar refractivity (Wildman–Crippen MR) is 104 cm³/mol. The van der Waals surface area contributed by atoms with Crippen LogP contribution >= 0.6 is 24.8 Å². The van der Waals surface area contributed by atoms with Crippen molar-refractivity contribution in [1.82, 2.24) is 24.1 Å². The molecule has 3 heterocycles. The van der Waals surface area contributed by atoms with Crippen LogP contribution in [0.25, 0.3) is 22.4 Å². The van der Waals surface area contributed by atoms with Crippen LogP contribution in [0.1, 0.15) is 12.7 Å². The Balaban J connectivity index is 0.00000131. The Bertz CT molecular complexity index is 1060. The van der Waals surface area contributed by atoms with Crippen molar-refractivity contribution in [1.29, 1.82) is 0 Å². The first-order valence-corrected chi connectivity index (χ1v) is 7.93. The monoisotopic (exact) mass is 411 g/mol. The Morgan fingerprint density at radius 1 is 1.07 bits per heavy atom. The van der Waals surface area contributed by atoms with Gasteiger partial charge in [0.15, 0.2) is 11.6 Å². The van der Waals surface area contributed by atoms with Crippen molar-refractivity contribution in [2.45, 2.75) is 20.0 Å². The van der Waals surface area contributed by atoms with E-state index in [4.69, 9.17) is 0 Å². The molecule has 4 rings (SSSR count). The van der Waals surface area contributed by atoms with E-state index in [-0.39, 0.29) is 30.4 Å². The van der Waals surface area contributed by atoms with E-state index in [1.807, 2.05) is 13.0 Å². The van der Waals surface area contributed by atoms with Gasteiger partial charge in [-0.3, -0.25) is 4.98 Å². The van der Waals surface area contributed by atoms with E-state index in [0.717, 1.165) is 29.5 Å². The van der Waals surface area contributed by atoms with E-state index in [0.29, 0.717) is 12.4 Å². The molecule has 0 atom stereocenters. The highest BCUT2D eigenvalue weighted by Crippen LogP contribution is 2.24. The van der Waals surface area contributed by atoms with Gasteiger partial charge in [0.2, 0.25) is 0 Å². The van der Waals surface area contributed by atoms with E-state index >= 15 is 0 Å². The Hall–Kier alpha value is -2.51. The molecular weight excluding hydrogens is 395 g/mol. The number of rotatable bonds is 4. The van der Waals surface area contributed by atoms with Crippen molar-refractivity contribution >= 4 is 35.8 Å². The second-order valence-electron chi connectivity index (χ2n) is 5.62. The van der Waals surface area contributed by atoms with Crippen LogP contribution in [-0.4, -0.2) is 24.1 Å². The van der Waals surface area contributed by atoms with Gasteiger partial charge in [0.1, 0.15) is 17.2 Å². The van der Waals surface area contributed by atoms with Crippen molar-refractivity contribution in [2.75, 3.05) is 0 Å². The minimum absolute atomic E-state index is 0. The number of benzene rings is 1. The maximum Gasteiger partial charge on any atom is 0.169 e. The first-order valence-electron chi connectivity index (χ1n) is 7.93. The van der Waals surface area contributed by atoms with Crippen LogP contribution < -0.4 is 0 Å². The quantitative estimate of drug-likeness (QED) is 0.497. The third kappa shape index (κ3) is 3.65. The number of hydrogen-bond donors (Lipinski definition) is 0. The van der Waals surface area contributed by atoms with Crippen LogP contribution in [0, 0.1) is 11.6 Å². The molecule has 0 saturated heterocycles. The first-order chi connectivity index (χ1) is 12.2. The van der Waals surface area contributed by atoms with E-state index in [2.05, 4.69) is 19.5 Å². The van der Waals surface area contributed by atoms with Crippen LogP contribution in [0.4, 0.5) is 8.78 Å². The van der Waals surface area contributed by atoms with Crippen molar-refractivity contribution < 1.29 is 8.78 Å². The zero-order chi connectivity index (χ0) is 17.4. The molecule has 1 aromatic carbocycles. The molecule has 0 aliphatic heterocycles. The summed E-state index contributed by atoms with van der Waals surface area (Å²) in [7, 11) is 0. The minimum atomic E-state index is -0.900. The average Bonchev–Trinajstić information content (AvgIpc) is 3.21. The second kappa shape index (κ2) is 8.45. The Kier molecular flexibility index (Phi) is 6.51. The summed E-state index contributed by atoms with van der Waals surface area (Å²) in [5, 5.41) is 0. The molecule has 0 aliphatic carbocycles. The molecule has 0 aliphatic rings. The van der Waals surface area contributed by atoms with Crippen LogP contribution in [0.2, 0.25) is 0 Å². The first kappa shape index (κ1) is 20.8. The van der Waals surface area contributed by atoms with E-state index in [1.165, 1.54) is 12.1 Å². The van der Waals surface area contributed by atoms with Gasteiger partial charge < -0.3 is 9.13 Å². The van der Waals surface area contributed by atoms with Gasteiger partial charge in [-0.25, -0.2) is 18.7 Å². The van der Waals surface area contributed by atoms with E-state index < -0.39 is 11.6 Å². The molecule has 0 fully saturated rings. The second-order valence-corrected chi connectivity index (χ2v) is 5.62. The van der Waals surface area contributed by atoms with Gasteiger partial charge in [0.05, 0.1) is 23.8 Å². The highest BCUT2D eigenvalue weighted by molar-refractivity contribution is 5.85. The zero-order valence-corrected chi connectivity index (χ0v) is 16.0. The summed E-state index contributed by atoms with van der Waals surface area (Å²) < 4.78 is 31.5. The Morgan fingerprint density at radius 3 is 2.67 bits per heavy atom. The lowest BCUT2D eigenvalue weighted by Crippen LogP contribution is -2.09. The standard InChI is InChI=1S/C18H15F2N5.2ClH/c1-2-25-15-6-7-21-10-14(15)23-16(25)11-24-9-8-22-18(24)12-4-3-5-13(19)17(12)20;;/h3-10H,2,11H2,1H3;2*1H. The Labute approximate surface area is 166 Å². The summed E-state index contributed by atoms with van der Waals surface area (Å²) in [6, 6.07) is 6.00. The Morgan fingerprint density at radius 2 is 1.89 bits per heavy atom. The topological polar surface area (TPSA) is 48.5 Å². The molecule has 5 nitrogen and oxygen atoms in total. The average molecular weight is 412 g/mol. The number of pyridine rings is 1. The lowest BCUT2D eigenvalue weighted by molar-refractivity contribution is 0.509. The fraction of sp³-hybridized carbons (Fsp3) is 0.167. The van der Waals surface area contributed by atoms with Gasteiger partial charge in [-0.15, -0.1) is 24.8 Å². The lowest BCUT2D eigenvalue weighted by atomic mass is 10.2. The molecule has 0 radical (unpaired) electrons. The molecule has 0 saturated carbocycles. The third-order valence-corrected chi connectivity index (χ3v) is 4.17. The predicted octanol–water partition coefficient (Wildman–Crippen LogP) is 4.48. The molecule has 0 spiro atoms. The maximum absolute atomic E-state index is 14.1. The number of hydrogen-bond acceptors (Lipinski definition) is 3. The molecule has 0 amide bonds. The molecule has 142 valence electrons. The smallest absolute Gasteiger partial charge is 0.169 e. The van der Waals surface area contributed by atoms with Crippen LogP contribution in [0.15, 0.2) is 49.1 Å². The van der Waals surface area contributed by atoms with Gasteiger partial charge in [-0.1, -0.05) is 6.07 Å². The molecule has 0 unspecified atom stereocenters. The summed E-state index contributed by atoms with van der Waals surface area (Å²) in [4.78, 5) is 12.9. The van der Waals surface area contributed by atoms with Crippen molar-refractivity contribution in [3.63, 3.8) is 0 Å². The summed E-state index contributed by atoms with van der Waals surface area (Å²) >= 11 is 0. The third-order valence-electron chi connectivity index (χ3n) is 4.17. The molecule has 0 N–H and O–H groups in total. The van der Waals surface area contributed by atoms with Crippen LogP contribution in [0.5, 0.6) is 0 Å². The van der Waals surface area contributed by atoms with Crippen molar-refractivity contribution in [3.8, 4) is 11.4 Å². The largest absolute Gasteiger partial charge is 0.327 e. The molecular formula is C18H17Cl2F2N5. The normalized spacial score (nSPS) is 10.5. The van der Waals surface area contributed by atoms with Crippen molar-refractivity contribution in [2.24, 2.45) is 0 Å². The summed E-state index contributed by atoms with van der Waals surface area (Å²) in [6.07, 6.45) is 6.74. The molecule has 0 bridgehead atoms. The summed E-state index contributed by atoms with van der Waals surface area (Å²) in [6.45, 7) is 3.17. The molecule has 4 aromatic rings.